The number of methoxy groups -OCH3 is 1. The van der Waals surface area contributed by atoms with E-state index in [0.29, 0.717) is 16.9 Å². The number of ether oxygens (including phenoxy) is 1. The van der Waals surface area contributed by atoms with E-state index in [1.54, 1.807) is 13.0 Å². The summed E-state index contributed by atoms with van der Waals surface area (Å²) in [6, 6.07) is 0. The quantitative estimate of drug-likeness (QED) is 0.266. The van der Waals surface area contributed by atoms with Gasteiger partial charge in [0.25, 0.3) is 0 Å². The predicted octanol–water partition coefficient (Wildman–Crippen LogP) is 1.85. The first-order chi connectivity index (χ1) is 5.11. The van der Waals surface area contributed by atoms with Gasteiger partial charge in [-0.05, 0) is 18.6 Å². The summed E-state index contributed by atoms with van der Waals surface area (Å²) in [5, 5.41) is 0. The van der Waals surface area contributed by atoms with Crippen molar-refractivity contribution in [3.8, 4) is 0 Å². The van der Waals surface area contributed by atoms with Crippen LogP contribution >= 0.6 is 0 Å². The highest BCUT2D eigenvalue weighted by atomic mass is 16.5. The molecule has 0 atom stereocenters. The van der Waals surface area contributed by atoms with Crippen molar-refractivity contribution in [1.82, 2.24) is 0 Å². The number of rotatable bonds is 4. The van der Waals surface area contributed by atoms with Gasteiger partial charge < -0.3 is 4.74 Å². The fraction of sp³-hybridized carbons (Fsp3) is 0.222. The minimum absolute atomic E-state index is 0.454. The van der Waals surface area contributed by atoms with Gasteiger partial charge in [0.15, 0.2) is 0 Å². The van der Waals surface area contributed by atoms with E-state index >= 15 is 0 Å². The van der Waals surface area contributed by atoms with E-state index < -0.39 is 0 Å². The summed E-state index contributed by atoms with van der Waals surface area (Å²) >= 11 is 0. The second-order valence-electron chi connectivity index (χ2n) is 2.17. The second kappa shape index (κ2) is 4.50. The third kappa shape index (κ3) is 3.40. The predicted molar refractivity (Wildman–Crippen MR) is 45.1 cm³/mol. The molecule has 0 aliphatic heterocycles. The van der Waals surface area contributed by atoms with Crippen molar-refractivity contribution in [1.29, 1.82) is 0 Å². The number of hydrogen-bond acceptors (Lipinski definition) is 2. The van der Waals surface area contributed by atoms with Crippen LogP contribution in [0.1, 0.15) is 6.92 Å². The molecule has 0 bridgehead atoms. The summed E-state index contributed by atoms with van der Waals surface area (Å²) in [7, 11) is 1.50. The smallest absolute Gasteiger partial charge is 0.150 e. The van der Waals surface area contributed by atoms with E-state index in [4.69, 9.17) is 4.74 Å². The van der Waals surface area contributed by atoms with E-state index in [1.165, 1.54) is 7.11 Å². The fourth-order valence-electron chi connectivity index (χ4n) is 0.490. The highest BCUT2D eigenvalue weighted by molar-refractivity contribution is 5.80. The lowest BCUT2D eigenvalue weighted by Gasteiger charge is -1.99. The number of carbonyl (C=O) groups excluding carboxylic acids is 1. The van der Waals surface area contributed by atoms with Crippen molar-refractivity contribution in [3.05, 3.63) is 36.1 Å². The molecule has 0 saturated heterocycles. The number of carbonyl (C=O) groups is 1. The van der Waals surface area contributed by atoms with Crippen molar-refractivity contribution in [3.63, 3.8) is 0 Å². The normalized spacial score (nSPS) is 10.5. The molecule has 2 nitrogen and oxygen atoms in total. The Labute approximate surface area is 66.9 Å². The van der Waals surface area contributed by atoms with Crippen molar-refractivity contribution >= 4 is 6.29 Å². The van der Waals surface area contributed by atoms with Gasteiger partial charge in [0.05, 0.1) is 7.11 Å². The van der Waals surface area contributed by atoms with E-state index in [2.05, 4.69) is 13.2 Å². The molecule has 0 amide bonds. The van der Waals surface area contributed by atoms with Crippen LogP contribution in [0.3, 0.4) is 0 Å². The Bertz CT molecular complexity index is 212. The Hall–Kier alpha value is -1.31. The molecule has 0 heterocycles. The first-order valence-corrected chi connectivity index (χ1v) is 3.17. The van der Waals surface area contributed by atoms with Crippen LogP contribution in [0.15, 0.2) is 36.1 Å². The monoisotopic (exact) mass is 152 g/mol. The first kappa shape index (κ1) is 9.69. The van der Waals surface area contributed by atoms with Gasteiger partial charge >= 0.3 is 0 Å². The van der Waals surface area contributed by atoms with Crippen LogP contribution < -0.4 is 0 Å². The summed E-state index contributed by atoms with van der Waals surface area (Å²) in [6.07, 6.45) is 2.28. The first-order valence-electron chi connectivity index (χ1n) is 3.17. The van der Waals surface area contributed by atoms with Crippen molar-refractivity contribution in [2.45, 2.75) is 6.92 Å². The van der Waals surface area contributed by atoms with Crippen LogP contribution in [0.5, 0.6) is 0 Å². The molecule has 0 fully saturated rings. The minimum atomic E-state index is 0.454. The van der Waals surface area contributed by atoms with Crippen LogP contribution in [-0.4, -0.2) is 13.4 Å². The summed E-state index contributed by atoms with van der Waals surface area (Å²) in [5.74, 6) is 0.454. The van der Waals surface area contributed by atoms with Gasteiger partial charge in [-0.3, -0.25) is 4.79 Å². The molecule has 11 heavy (non-hydrogen) atoms. The molecule has 2 heteroatoms. The molecule has 0 saturated carbocycles. The number of allylic oxidation sites excluding steroid dienone is 3. The molecule has 0 aliphatic rings. The minimum Gasteiger partial charge on any atom is -0.497 e. The molecular formula is C9H12O2. The van der Waals surface area contributed by atoms with Gasteiger partial charge in [0, 0.05) is 5.57 Å². The highest BCUT2D eigenvalue weighted by Gasteiger charge is 1.95. The molecule has 0 aromatic rings. The van der Waals surface area contributed by atoms with Gasteiger partial charge in [-0.15, -0.1) is 0 Å². The average molecular weight is 152 g/mol. The van der Waals surface area contributed by atoms with E-state index in [9.17, 15) is 4.79 Å². The molecule has 0 radical (unpaired) electrons. The Morgan fingerprint density at radius 2 is 2.00 bits per heavy atom. The van der Waals surface area contributed by atoms with Crippen molar-refractivity contribution in [2.24, 2.45) is 0 Å². The van der Waals surface area contributed by atoms with E-state index in [0.717, 1.165) is 6.29 Å². The maximum absolute atomic E-state index is 10.4. The Kier molecular flexibility index (Phi) is 3.96. The van der Waals surface area contributed by atoms with Crippen LogP contribution in [-0.2, 0) is 9.53 Å². The van der Waals surface area contributed by atoms with Crippen LogP contribution in [0.2, 0.25) is 0 Å². The van der Waals surface area contributed by atoms with Gasteiger partial charge in [-0.2, -0.15) is 0 Å². The van der Waals surface area contributed by atoms with Crippen LogP contribution in [0, 0.1) is 0 Å². The summed E-state index contributed by atoms with van der Waals surface area (Å²) in [5.41, 5.74) is 1.22. The molecule has 0 rings (SSSR count). The molecule has 0 spiro atoms. The van der Waals surface area contributed by atoms with Gasteiger partial charge in [-0.1, -0.05) is 13.2 Å². The lowest BCUT2D eigenvalue weighted by Crippen LogP contribution is -1.88. The standard InChI is InChI=1S/C9H12O2/c1-7(2)9(6-10)5-8(3)11-4/h5-6H,1,3H2,2,4H3/b9-5-. The summed E-state index contributed by atoms with van der Waals surface area (Å²) in [4.78, 5) is 10.4. The summed E-state index contributed by atoms with van der Waals surface area (Å²) in [6.45, 7) is 8.92. The zero-order valence-corrected chi connectivity index (χ0v) is 6.89. The Balaban J connectivity index is 4.48. The summed E-state index contributed by atoms with van der Waals surface area (Å²) < 4.78 is 4.76. The molecular weight excluding hydrogens is 140 g/mol. The largest absolute Gasteiger partial charge is 0.497 e. The zero-order chi connectivity index (χ0) is 8.85. The second-order valence-corrected chi connectivity index (χ2v) is 2.17. The fourth-order valence-corrected chi connectivity index (χ4v) is 0.490. The van der Waals surface area contributed by atoms with Gasteiger partial charge in [0.2, 0.25) is 0 Å². The molecule has 0 aromatic heterocycles. The molecule has 0 N–H and O–H groups in total. The van der Waals surface area contributed by atoms with E-state index in [1.807, 2.05) is 0 Å². The number of hydrogen-bond donors (Lipinski definition) is 0. The van der Waals surface area contributed by atoms with Crippen molar-refractivity contribution in [2.75, 3.05) is 7.11 Å². The topological polar surface area (TPSA) is 26.3 Å². The average Bonchev–Trinajstić information content (AvgIpc) is 1.99. The van der Waals surface area contributed by atoms with Crippen LogP contribution in [0.25, 0.3) is 0 Å². The maximum Gasteiger partial charge on any atom is 0.150 e. The molecule has 0 aromatic carbocycles. The van der Waals surface area contributed by atoms with Gasteiger partial charge in [-0.25, -0.2) is 0 Å². The maximum atomic E-state index is 10.4. The van der Waals surface area contributed by atoms with E-state index in [-0.39, 0.29) is 0 Å². The molecule has 0 unspecified atom stereocenters. The third-order valence-electron chi connectivity index (χ3n) is 1.20. The lowest BCUT2D eigenvalue weighted by molar-refractivity contribution is -0.104. The highest BCUT2D eigenvalue weighted by Crippen LogP contribution is 2.06. The molecule has 0 aliphatic carbocycles. The van der Waals surface area contributed by atoms with Crippen molar-refractivity contribution < 1.29 is 9.53 Å². The Morgan fingerprint density at radius 3 is 2.27 bits per heavy atom. The van der Waals surface area contributed by atoms with Gasteiger partial charge in [0.1, 0.15) is 12.0 Å². The lowest BCUT2D eigenvalue weighted by atomic mass is 10.1. The number of aldehydes is 1. The zero-order valence-electron chi connectivity index (χ0n) is 6.89. The van der Waals surface area contributed by atoms with Crippen LogP contribution in [0.4, 0.5) is 0 Å². The third-order valence-corrected chi connectivity index (χ3v) is 1.20. The SMILES string of the molecule is C=C(/C=C(/C=O)C(=C)C)OC. The molecule has 60 valence electrons. The Morgan fingerprint density at radius 1 is 1.45 bits per heavy atom.